The lowest BCUT2D eigenvalue weighted by Gasteiger charge is -2.36. The Morgan fingerprint density at radius 1 is 0.879 bits per heavy atom. The summed E-state index contributed by atoms with van der Waals surface area (Å²) in [4.78, 5) is 13.8. The molecule has 0 amide bonds. The van der Waals surface area contributed by atoms with Crippen molar-refractivity contribution in [3.05, 3.63) is 99.6 Å². The minimum absolute atomic E-state index is 0.0306. The molecule has 33 heavy (non-hydrogen) atoms. The Balaban J connectivity index is 1.70. The molecule has 0 aromatic heterocycles. The average Bonchev–Trinajstić information content (AvgIpc) is 2.75. The number of Topliss-reactive ketones (excluding diaryl/α,β-unsaturated/α-hetero) is 1. The average molecular weight is 462 g/mol. The second kappa shape index (κ2) is 9.24. The Kier molecular flexibility index (Phi) is 6.55. The molecule has 3 aromatic carbocycles. The van der Waals surface area contributed by atoms with Crippen molar-refractivity contribution in [1.82, 2.24) is 4.31 Å². The summed E-state index contributed by atoms with van der Waals surface area (Å²) in [6.45, 7) is 7.87. The summed E-state index contributed by atoms with van der Waals surface area (Å²) < 4.78 is 29.4. The summed E-state index contributed by atoms with van der Waals surface area (Å²) in [6.07, 6.45) is 1.33. The highest BCUT2D eigenvalue weighted by Gasteiger charge is 2.40. The van der Waals surface area contributed by atoms with E-state index in [2.05, 4.69) is 6.07 Å². The Bertz CT molecular complexity index is 1290. The van der Waals surface area contributed by atoms with E-state index in [0.29, 0.717) is 24.2 Å². The van der Waals surface area contributed by atoms with Crippen LogP contribution in [0.25, 0.3) is 0 Å². The van der Waals surface area contributed by atoms with Crippen LogP contribution in [0, 0.1) is 27.7 Å². The monoisotopic (exact) mass is 461 g/mol. The number of sulfonamides is 1. The van der Waals surface area contributed by atoms with Crippen molar-refractivity contribution >= 4 is 15.8 Å². The number of carbonyl (C=O) groups is 1. The van der Waals surface area contributed by atoms with Gasteiger partial charge in [0.25, 0.3) is 0 Å². The number of ketones is 1. The van der Waals surface area contributed by atoms with E-state index in [1.165, 1.54) is 4.31 Å². The number of fused-ring (bicyclic) bond motifs is 1. The maximum Gasteiger partial charge on any atom is 0.244 e. The quantitative estimate of drug-likeness (QED) is 0.505. The van der Waals surface area contributed by atoms with Crippen LogP contribution in [0.2, 0.25) is 0 Å². The Morgan fingerprint density at radius 3 is 2.21 bits per heavy atom. The second-order valence-electron chi connectivity index (χ2n) is 9.22. The molecule has 0 saturated heterocycles. The van der Waals surface area contributed by atoms with E-state index >= 15 is 0 Å². The maximum absolute atomic E-state index is 14.0. The highest BCUT2D eigenvalue weighted by molar-refractivity contribution is 7.89. The van der Waals surface area contributed by atoms with Gasteiger partial charge in [0.05, 0.1) is 10.9 Å². The summed E-state index contributed by atoms with van der Waals surface area (Å²) in [5.41, 5.74) is 6.73. The molecule has 0 spiro atoms. The van der Waals surface area contributed by atoms with Crippen LogP contribution in [-0.4, -0.2) is 24.5 Å². The Labute approximate surface area is 197 Å². The lowest BCUT2D eigenvalue weighted by atomic mass is 9.91. The molecule has 1 atom stereocenters. The van der Waals surface area contributed by atoms with E-state index in [1.807, 2.05) is 82.3 Å². The zero-order chi connectivity index (χ0) is 23.8. The SMILES string of the molecule is Cc1cccc(CCC(=O)C2Cc3ccccc3CN2S(=O)(=O)c2c(C)cc(C)cc2C)c1. The lowest BCUT2D eigenvalue weighted by Crippen LogP contribution is -2.48. The van der Waals surface area contributed by atoms with E-state index in [0.717, 1.165) is 38.9 Å². The van der Waals surface area contributed by atoms with Crippen LogP contribution in [0.4, 0.5) is 0 Å². The number of rotatable bonds is 6. The van der Waals surface area contributed by atoms with Crippen molar-refractivity contribution in [3.8, 4) is 0 Å². The van der Waals surface area contributed by atoms with Crippen molar-refractivity contribution in [2.75, 3.05) is 0 Å². The summed E-state index contributed by atoms with van der Waals surface area (Å²) in [5, 5.41) is 0. The summed E-state index contributed by atoms with van der Waals surface area (Å²) in [6, 6.07) is 19.0. The highest BCUT2D eigenvalue weighted by Crippen LogP contribution is 2.33. The van der Waals surface area contributed by atoms with Crippen LogP contribution in [0.5, 0.6) is 0 Å². The first-order valence-electron chi connectivity index (χ1n) is 11.4. The standard InChI is InChI=1S/C28H31NO3S/c1-19-8-7-9-23(16-19)12-13-27(30)26-17-24-10-5-6-11-25(24)18-29(26)33(31,32)28-21(3)14-20(2)15-22(28)4/h5-11,14-16,26H,12-13,17-18H2,1-4H3. The van der Waals surface area contributed by atoms with Crippen LogP contribution < -0.4 is 0 Å². The third kappa shape index (κ3) is 4.80. The van der Waals surface area contributed by atoms with Gasteiger partial charge in [-0.25, -0.2) is 8.42 Å². The van der Waals surface area contributed by atoms with Crippen molar-refractivity contribution < 1.29 is 13.2 Å². The minimum atomic E-state index is -3.85. The second-order valence-corrected chi connectivity index (χ2v) is 11.0. The molecule has 0 bridgehead atoms. The summed E-state index contributed by atoms with van der Waals surface area (Å²) >= 11 is 0. The van der Waals surface area contributed by atoms with Crippen LogP contribution in [0.15, 0.2) is 65.6 Å². The van der Waals surface area contributed by atoms with Gasteiger partial charge in [-0.1, -0.05) is 71.8 Å². The van der Waals surface area contributed by atoms with Crippen molar-refractivity contribution in [1.29, 1.82) is 0 Å². The van der Waals surface area contributed by atoms with Gasteiger partial charge in [0, 0.05) is 13.0 Å². The van der Waals surface area contributed by atoms with Crippen LogP contribution in [0.1, 0.15) is 45.4 Å². The van der Waals surface area contributed by atoms with Crippen LogP contribution >= 0.6 is 0 Å². The molecule has 0 N–H and O–H groups in total. The van der Waals surface area contributed by atoms with Gasteiger partial charge in [0.2, 0.25) is 10.0 Å². The number of carbonyl (C=O) groups excluding carboxylic acids is 1. The smallest absolute Gasteiger partial charge is 0.244 e. The molecule has 5 heteroatoms. The zero-order valence-electron chi connectivity index (χ0n) is 19.8. The lowest BCUT2D eigenvalue weighted by molar-refractivity contribution is -0.123. The molecular weight excluding hydrogens is 430 g/mol. The fraction of sp³-hybridized carbons (Fsp3) is 0.321. The predicted octanol–water partition coefficient (Wildman–Crippen LogP) is 5.24. The first-order chi connectivity index (χ1) is 15.7. The van der Waals surface area contributed by atoms with Gasteiger partial charge in [0.15, 0.2) is 5.78 Å². The van der Waals surface area contributed by atoms with E-state index < -0.39 is 16.1 Å². The molecule has 4 nitrogen and oxygen atoms in total. The highest BCUT2D eigenvalue weighted by atomic mass is 32.2. The van der Waals surface area contributed by atoms with Gasteiger partial charge in [-0.3, -0.25) is 4.79 Å². The molecule has 3 aromatic rings. The normalized spacial score (nSPS) is 16.4. The van der Waals surface area contributed by atoms with Gasteiger partial charge in [-0.05, 0) is 68.4 Å². The summed E-state index contributed by atoms with van der Waals surface area (Å²) in [7, 11) is -3.85. The van der Waals surface area contributed by atoms with Crippen molar-refractivity contribution in [2.45, 2.75) is 64.4 Å². The van der Waals surface area contributed by atoms with E-state index in [-0.39, 0.29) is 12.3 Å². The van der Waals surface area contributed by atoms with Gasteiger partial charge in [-0.2, -0.15) is 4.31 Å². The van der Waals surface area contributed by atoms with Gasteiger partial charge in [-0.15, -0.1) is 0 Å². The zero-order valence-corrected chi connectivity index (χ0v) is 20.6. The third-order valence-corrected chi connectivity index (χ3v) is 8.65. The molecule has 1 aliphatic rings. The van der Waals surface area contributed by atoms with Crippen LogP contribution in [-0.2, 0) is 34.2 Å². The Morgan fingerprint density at radius 2 is 1.55 bits per heavy atom. The number of aryl methyl sites for hydroxylation is 5. The summed E-state index contributed by atoms with van der Waals surface area (Å²) in [5.74, 6) is -0.0306. The minimum Gasteiger partial charge on any atom is -0.298 e. The van der Waals surface area contributed by atoms with Crippen LogP contribution in [0.3, 0.4) is 0 Å². The molecule has 0 aliphatic carbocycles. The fourth-order valence-corrected chi connectivity index (χ4v) is 7.02. The predicted molar refractivity (Wildman–Crippen MR) is 132 cm³/mol. The molecular formula is C28H31NO3S. The topological polar surface area (TPSA) is 54.5 Å². The van der Waals surface area contributed by atoms with Gasteiger partial charge >= 0.3 is 0 Å². The molecule has 1 aliphatic heterocycles. The molecule has 1 heterocycles. The number of hydrogen-bond donors (Lipinski definition) is 0. The van der Waals surface area contributed by atoms with Crippen molar-refractivity contribution in [2.24, 2.45) is 0 Å². The van der Waals surface area contributed by atoms with Gasteiger partial charge in [0.1, 0.15) is 0 Å². The fourth-order valence-electron chi connectivity index (χ4n) is 5.02. The molecule has 0 fully saturated rings. The Hall–Kier alpha value is -2.76. The first-order valence-corrected chi connectivity index (χ1v) is 12.9. The largest absolute Gasteiger partial charge is 0.298 e. The number of benzene rings is 3. The molecule has 4 rings (SSSR count). The molecule has 0 saturated carbocycles. The van der Waals surface area contributed by atoms with E-state index in [9.17, 15) is 13.2 Å². The number of hydrogen-bond acceptors (Lipinski definition) is 3. The molecule has 172 valence electrons. The first kappa shape index (κ1) is 23.4. The van der Waals surface area contributed by atoms with E-state index in [1.54, 1.807) is 0 Å². The molecule has 1 unspecified atom stereocenters. The third-order valence-electron chi connectivity index (χ3n) is 6.49. The molecule has 0 radical (unpaired) electrons. The van der Waals surface area contributed by atoms with E-state index in [4.69, 9.17) is 0 Å². The van der Waals surface area contributed by atoms with Crippen molar-refractivity contribution in [3.63, 3.8) is 0 Å². The number of nitrogens with zero attached hydrogens (tertiary/aromatic N) is 1. The van der Waals surface area contributed by atoms with Gasteiger partial charge < -0.3 is 0 Å². The maximum atomic E-state index is 14.0.